The molecule has 2 aliphatic rings. The molecule has 25 heavy (non-hydrogen) atoms. The van der Waals surface area contributed by atoms with E-state index < -0.39 is 0 Å². The first-order valence-electron chi connectivity index (χ1n) is 8.95. The zero-order chi connectivity index (χ0) is 17.8. The number of carbonyl (C=O) groups is 2. The van der Waals surface area contributed by atoms with Crippen LogP contribution in [-0.4, -0.2) is 50.6 Å². The van der Waals surface area contributed by atoms with Crippen molar-refractivity contribution >= 4 is 17.5 Å². The van der Waals surface area contributed by atoms with Gasteiger partial charge in [-0.05, 0) is 25.0 Å². The Hall–Kier alpha value is -2.24. The molecule has 1 atom stereocenters. The molecule has 0 aliphatic carbocycles. The van der Waals surface area contributed by atoms with Gasteiger partial charge in [0, 0.05) is 32.1 Å². The molecule has 1 aromatic carbocycles. The molecule has 136 valence electrons. The Balaban J connectivity index is 1.75. The number of hydrogen-bond acceptors (Lipinski definition) is 4. The maximum atomic E-state index is 12.8. The SMILES string of the molecule is COc1ccc(N2C[C@@H](C(=O)N3CCCCCC3)CC2=O)c(OC)c1. The van der Waals surface area contributed by atoms with E-state index in [0.717, 1.165) is 25.9 Å². The zero-order valence-corrected chi connectivity index (χ0v) is 15.0. The van der Waals surface area contributed by atoms with Crippen LogP contribution in [0.1, 0.15) is 32.1 Å². The van der Waals surface area contributed by atoms with Crippen LogP contribution in [0.2, 0.25) is 0 Å². The van der Waals surface area contributed by atoms with Gasteiger partial charge in [-0.2, -0.15) is 0 Å². The number of likely N-dealkylation sites (tertiary alicyclic amines) is 1. The molecule has 2 heterocycles. The van der Waals surface area contributed by atoms with Crippen molar-refractivity contribution in [1.29, 1.82) is 0 Å². The van der Waals surface area contributed by atoms with Gasteiger partial charge in [0.2, 0.25) is 11.8 Å². The number of amides is 2. The van der Waals surface area contributed by atoms with Crippen LogP contribution in [0.25, 0.3) is 0 Å². The van der Waals surface area contributed by atoms with Gasteiger partial charge in [-0.25, -0.2) is 0 Å². The van der Waals surface area contributed by atoms with Crippen molar-refractivity contribution in [3.05, 3.63) is 18.2 Å². The number of ether oxygens (including phenoxy) is 2. The highest BCUT2D eigenvalue weighted by Gasteiger charge is 2.38. The number of carbonyl (C=O) groups excluding carboxylic acids is 2. The lowest BCUT2D eigenvalue weighted by atomic mass is 10.1. The minimum absolute atomic E-state index is 0.0309. The van der Waals surface area contributed by atoms with E-state index in [0.29, 0.717) is 23.7 Å². The van der Waals surface area contributed by atoms with Crippen molar-refractivity contribution in [1.82, 2.24) is 4.90 Å². The largest absolute Gasteiger partial charge is 0.497 e. The number of anilines is 1. The lowest BCUT2D eigenvalue weighted by Gasteiger charge is -2.24. The van der Waals surface area contributed by atoms with Crippen LogP contribution in [0, 0.1) is 5.92 Å². The molecule has 1 aromatic rings. The van der Waals surface area contributed by atoms with Crippen LogP contribution in [0.4, 0.5) is 5.69 Å². The summed E-state index contributed by atoms with van der Waals surface area (Å²) >= 11 is 0. The standard InChI is InChI=1S/C19H26N2O4/c1-24-15-7-8-16(17(12-15)25-2)21-13-14(11-18(21)22)19(23)20-9-5-3-4-6-10-20/h7-8,12,14H,3-6,9-11,13H2,1-2H3/t14-/m0/s1. The smallest absolute Gasteiger partial charge is 0.228 e. The molecular weight excluding hydrogens is 320 g/mol. The topological polar surface area (TPSA) is 59.1 Å². The van der Waals surface area contributed by atoms with Crippen molar-refractivity contribution in [3.8, 4) is 11.5 Å². The molecule has 0 bridgehead atoms. The Morgan fingerprint density at radius 1 is 1.08 bits per heavy atom. The molecule has 2 aliphatic heterocycles. The first-order valence-corrected chi connectivity index (χ1v) is 8.95. The number of hydrogen-bond donors (Lipinski definition) is 0. The van der Waals surface area contributed by atoms with E-state index in [2.05, 4.69) is 0 Å². The molecule has 0 aromatic heterocycles. The average molecular weight is 346 g/mol. The normalized spacial score (nSPS) is 21.2. The van der Waals surface area contributed by atoms with Gasteiger partial charge in [-0.1, -0.05) is 12.8 Å². The van der Waals surface area contributed by atoms with Crippen molar-refractivity contribution in [2.45, 2.75) is 32.1 Å². The van der Waals surface area contributed by atoms with Gasteiger partial charge in [0.25, 0.3) is 0 Å². The molecule has 2 fully saturated rings. The Labute approximate surface area is 148 Å². The van der Waals surface area contributed by atoms with Gasteiger partial charge in [-0.15, -0.1) is 0 Å². The second-order valence-corrected chi connectivity index (χ2v) is 6.68. The fourth-order valence-electron chi connectivity index (χ4n) is 3.66. The van der Waals surface area contributed by atoms with Gasteiger partial charge in [0.05, 0.1) is 25.8 Å². The van der Waals surface area contributed by atoms with Crippen LogP contribution in [-0.2, 0) is 9.59 Å². The maximum Gasteiger partial charge on any atom is 0.228 e. The Morgan fingerprint density at radius 3 is 2.44 bits per heavy atom. The van der Waals surface area contributed by atoms with E-state index in [1.165, 1.54) is 12.8 Å². The van der Waals surface area contributed by atoms with Crippen LogP contribution < -0.4 is 14.4 Å². The Bertz CT molecular complexity index is 638. The molecule has 0 radical (unpaired) electrons. The van der Waals surface area contributed by atoms with E-state index in [4.69, 9.17) is 9.47 Å². The van der Waals surface area contributed by atoms with Gasteiger partial charge in [-0.3, -0.25) is 9.59 Å². The molecule has 0 spiro atoms. The first-order chi connectivity index (χ1) is 12.1. The minimum Gasteiger partial charge on any atom is -0.497 e. The second-order valence-electron chi connectivity index (χ2n) is 6.68. The Morgan fingerprint density at radius 2 is 1.80 bits per heavy atom. The zero-order valence-electron chi connectivity index (χ0n) is 15.0. The molecule has 6 heteroatoms. The van der Waals surface area contributed by atoms with E-state index in [9.17, 15) is 9.59 Å². The highest BCUT2D eigenvalue weighted by Crippen LogP contribution is 2.36. The maximum absolute atomic E-state index is 12.8. The third-order valence-electron chi connectivity index (χ3n) is 5.07. The summed E-state index contributed by atoms with van der Waals surface area (Å²) in [7, 11) is 3.16. The lowest BCUT2D eigenvalue weighted by Crippen LogP contribution is -2.38. The van der Waals surface area contributed by atoms with Gasteiger partial charge < -0.3 is 19.3 Å². The molecule has 2 saturated heterocycles. The average Bonchev–Trinajstić information content (AvgIpc) is 2.85. The molecule has 6 nitrogen and oxygen atoms in total. The van der Waals surface area contributed by atoms with Crippen molar-refractivity contribution < 1.29 is 19.1 Å². The Kier molecular flexibility index (Phi) is 5.46. The summed E-state index contributed by atoms with van der Waals surface area (Å²) in [5, 5.41) is 0. The molecule has 0 N–H and O–H groups in total. The van der Waals surface area contributed by atoms with E-state index in [1.54, 1.807) is 31.3 Å². The van der Waals surface area contributed by atoms with Crippen molar-refractivity contribution in [2.24, 2.45) is 5.92 Å². The van der Waals surface area contributed by atoms with Crippen molar-refractivity contribution in [2.75, 3.05) is 38.8 Å². The molecule has 2 amide bonds. The van der Waals surface area contributed by atoms with Crippen LogP contribution in [0.15, 0.2) is 18.2 Å². The van der Waals surface area contributed by atoms with Crippen LogP contribution >= 0.6 is 0 Å². The highest BCUT2D eigenvalue weighted by atomic mass is 16.5. The predicted molar refractivity (Wildman–Crippen MR) is 95.1 cm³/mol. The van der Waals surface area contributed by atoms with Crippen LogP contribution in [0.5, 0.6) is 11.5 Å². The van der Waals surface area contributed by atoms with Crippen LogP contribution in [0.3, 0.4) is 0 Å². The minimum atomic E-state index is -0.266. The summed E-state index contributed by atoms with van der Waals surface area (Å²) < 4.78 is 10.6. The first kappa shape index (κ1) is 17.6. The molecule has 3 rings (SSSR count). The number of methoxy groups -OCH3 is 2. The fraction of sp³-hybridized carbons (Fsp3) is 0.579. The quantitative estimate of drug-likeness (QED) is 0.840. The molecule has 0 saturated carbocycles. The van der Waals surface area contributed by atoms with E-state index in [-0.39, 0.29) is 24.2 Å². The summed E-state index contributed by atoms with van der Waals surface area (Å²) in [4.78, 5) is 29.0. The predicted octanol–water partition coefficient (Wildman–Crippen LogP) is 2.46. The fourth-order valence-corrected chi connectivity index (χ4v) is 3.66. The third kappa shape index (κ3) is 3.72. The molecular formula is C19H26N2O4. The second kappa shape index (κ2) is 7.76. The van der Waals surface area contributed by atoms with E-state index >= 15 is 0 Å². The number of benzene rings is 1. The summed E-state index contributed by atoms with van der Waals surface area (Å²) in [6.07, 6.45) is 4.75. The van der Waals surface area contributed by atoms with E-state index in [1.807, 2.05) is 11.0 Å². The summed E-state index contributed by atoms with van der Waals surface area (Å²) in [5.74, 6) is 1.07. The third-order valence-corrected chi connectivity index (χ3v) is 5.07. The highest BCUT2D eigenvalue weighted by molar-refractivity contribution is 6.01. The molecule has 0 unspecified atom stereocenters. The number of rotatable bonds is 4. The number of nitrogens with zero attached hydrogens (tertiary/aromatic N) is 2. The van der Waals surface area contributed by atoms with Gasteiger partial charge in [0.1, 0.15) is 11.5 Å². The van der Waals surface area contributed by atoms with Crippen molar-refractivity contribution in [3.63, 3.8) is 0 Å². The summed E-state index contributed by atoms with van der Waals surface area (Å²) in [6, 6.07) is 5.37. The monoisotopic (exact) mass is 346 g/mol. The lowest BCUT2D eigenvalue weighted by molar-refractivity contribution is -0.135. The summed E-state index contributed by atoms with van der Waals surface area (Å²) in [5.41, 5.74) is 0.694. The van der Waals surface area contributed by atoms with Gasteiger partial charge >= 0.3 is 0 Å². The summed E-state index contributed by atoms with van der Waals surface area (Å²) in [6.45, 7) is 2.04. The van der Waals surface area contributed by atoms with Gasteiger partial charge in [0.15, 0.2) is 0 Å².